The van der Waals surface area contributed by atoms with Gasteiger partial charge in [0.1, 0.15) is 0 Å². The molecule has 0 amide bonds. The normalized spacial score (nSPS) is 11.8. The first kappa shape index (κ1) is 13.4. The molecule has 1 N–H and O–H groups in total. The molecule has 2 rings (SSSR count). The second-order valence-electron chi connectivity index (χ2n) is 4.07. The largest absolute Gasteiger partial charge is 0.377 e. The highest BCUT2D eigenvalue weighted by Crippen LogP contribution is 2.22. The van der Waals surface area contributed by atoms with Crippen LogP contribution in [0.25, 0.3) is 0 Å². The fourth-order valence-electron chi connectivity index (χ4n) is 1.78. The lowest BCUT2D eigenvalue weighted by atomic mass is 10.1. The average molecular weight is 277 g/mol. The number of nitro groups is 1. The van der Waals surface area contributed by atoms with E-state index >= 15 is 0 Å². The minimum Gasteiger partial charge on any atom is -0.377 e. The molecule has 19 heavy (non-hydrogen) atoms. The van der Waals surface area contributed by atoms with Crippen molar-refractivity contribution < 1.29 is 4.92 Å². The molecule has 0 fully saturated rings. The molecule has 0 aliphatic heterocycles. The number of halogens is 1. The van der Waals surface area contributed by atoms with Gasteiger partial charge in [0.2, 0.25) is 0 Å². The van der Waals surface area contributed by atoms with E-state index in [-0.39, 0.29) is 11.7 Å². The van der Waals surface area contributed by atoms with Crippen molar-refractivity contribution in [1.82, 2.24) is 0 Å². The maximum Gasteiger partial charge on any atom is 0.269 e. The molecular formula is C14H13ClN2O2. The molecule has 2 aromatic rings. The van der Waals surface area contributed by atoms with E-state index in [0.717, 1.165) is 11.3 Å². The Bertz CT molecular complexity index is 543. The second kappa shape index (κ2) is 6.20. The van der Waals surface area contributed by atoms with Crippen LogP contribution in [0, 0.1) is 10.1 Å². The summed E-state index contributed by atoms with van der Waals surface area (Å²) in [6.45, 7) is 0. The summed E-state index contributed by atoms with van der Waals surface area (Å²) >= 11 is 5.96. The third-order valence-electron chi connectivity index (χ3n) is 2.78. The van der Waals surface area contributed by atoms with Crippen LogP contribution in [0.3, 0.4) is 0 Å². The molecule has 0 radical (unpaired) electrons. The molecule has 98 valence electrons. The lowest BCUT2D eigenvalue weighted by molar-refractivity contribution is -0.384. The molecule has 4 nitrogen and oxygen atoms in total. The summed E-state index contributed by atoms with van der Waals surface area (Å²) in [6.07, 6.45) is 0. The number of hydrogen-bond donors (Lipinski definition) is 1. The van der Waals surface area contributed by atoms with Crippen molar-refractivity contribution in [2.45, 2.75) is 6.04 Å². The van der Waals surface area contributed by atoms with Crippen molar-refractivity contribution in [2.24, 2.45) is 0 Å². The van der Waals surface area contributed by atoms with Crippen molar-refractivity contribution >= 4 is 23.0 Å². The molecule has 5 heteroatoms. The van der Waals surface area contributed by atoms with Gasteiger partial charge in [-0.2, -0.15) is 0 Å². The van der Waals surface area contributed by atoms with Gasteiger partial charge in [0.25, 0.3) is 5.69 Å². The van der Waals surface area contributed by atoms with Crippen LogP contribution in [0.2, 0.25) is 0 Å². The molecule has 0 saturated heterocycles. The zero-order valence-electron chi connectivity index (χ0n) is 10.1. The summed E-state index contributed by atoms with van der Waals surface area (Å²) in [5, 5.41) is 13.8. The van der Waals surface area contributed by atoms with Crippen LogP contribution in [-0.4, -0.2) is 10.8 Å². The van der Waals surface area contributed by atoms with Gasteiger partial charge in [0, 0.05) is 23.7 Å². The fraction of sp³-hybridized carbons (Fsp3) is 0.143. The third kappa shape index (κ3) is 3.45. The molecule has 0 aliphatic carbocycles. The summed E-state index contributed by atoms with van der Waals surface area (Å²) < 4.78 is 0. The van der Waals surface area contributed by atoms with E-state index in [1.165, 1.54) is 12.1 Å². The number of hydrogen-bond acceptors (Lipinski definition) is 3. The van der Waals surface area contributed by atoms with Crippen molar-refractivity contribution in [2.75, 3.05) is 11.2 Å². The highest BCUT2D eigenvalue weighted by molar-refractivity contribution is 6.18. The maximum atomic E-state index is 10.6. The van der Waals surface area contributed by atoms with Gasteiger partial charge in [0.05, 0.1) is 11.0 Å². The highest BCUT2D eigenvalue weighted by Gasteiger charge is 2.10. The van der Waals surface area contributed by atoms with E-state index in [9.17, 15) is 10.1 Å². The Kier molecular flexibility index (Phi) is 4.36. The molecule has 0 saturated carbocycles. The number of alkyl halides is 1. The zero-order valence-corrected chi connectivity index (χ0v) is 10.9. The summed E-state index contributed by atoms with van der Waals surface area (Å²) in [5.74, 6) is 0.418. The van der Waals surface area contributed by atoms with Crippen LogP contribution in [0.5, 0.6) is 0 Å². The van der Waals surface area contributed by atoms with Gasteiger partial charge < -0.3 is 5.32 Å². The molecule has 1 unspecified atom stereocenters. The molecular weight excluding hydrogens is 264 g/mol. The maximum absolute atomic E-state index is 10.6. The van der Waals surface area contributed by atoms with Gasteiger partial charge in [-0.05, 0) is 17.7 Å². The first-order valence-corrected chi connectivity index (χ1v) is 6.36. The first-order valence-electron chi connectivity index (χ1n) is 5.82. The van der Waals surface area contributed by atoms with E-state index < -0.39 is 4.92 Å². The van der Waals surface area contributed by atoms with Crippen molar-refractivity contribution in [1.29, 1.82) is 0 Å². The molecule has 0 aromatic heterocycles. The third-order valence-corrected chi connectivity index (χ3v) is 3.08. The number of non-ortho nitro benzene ring substituents is 1. The Hall–Kier alpha value is -2.07. The number of benzene rings is 2. The fourth-order valence-corrected chi connectivity index (χ4v) is 2.03. The van der Waals surface area contributed by atoms with Crippen LogP contribution >= 0.6 is 11.6 Å². The smallest absolute Gasteiger partial charge is 0.269 e. The summed E-state index contributed by atoms with van der Waals surface area (Å²) in [4.78, 5) is 10.2. The van der Waals surface area contributed by atoms with E-state index in [1.54, 1.807) is 12.1 Å². The molecule has 0 heterocycles. The van der Waals surface area contributed by atoms with Gasteiger partial charge in [-0.1, -0.05) is 30.3 Å². The number of nitrogens with one attached hydrogen (secondary N) is 1. The number of anilines is 1. The topological polar surface area (TPSA) is 55.2 Å². The van der Waals surface area contributed by atoms with Gasteiger partial charge in [-0.25, -0.2) is 0 Å². The number of rotatable bonds is 5. The monoisotopic (exact) mass is 276 g/mol. The minimum atomic E-state index is -0.417. The van der Waals surface area contributed by atoms with E-state index in [4.69, 9.17) is 11.6 Å². The summed E-state index contributed by atoms with van der Waals surface area (Å²) in [7, 11) is 0. The molecule has 0 bridgehead atoms. The quantitative estimate of drug-likeness (QED) is 0.510. The van der Waals surface area contributed by atoms with Gasteiger partial charge >= 0.3 is 0 Å². The Morgan fingerprint density at radius 1 is 1.11 bits per heavy atom. The van der Waals surface area contributed by atoms with Crippen molar-refractivity contribution in [3.8, 4) is 0 Å². The van der Waals surface area contributed by atoms with Crippen LogP contribution in [-0.2, 0) is 0 Å². The number of nitrogens with zero attached hydrogens (tertiary/aromatic N) is 1. The van der Waals surface area contributed by atoms with Crippen LogP contribution in [0.4, 0.5) is 11.4 Å². The Morgan fingerprint density at radius 3 is 2.26 bits per heavy atom. The van der Waals surface area contributed by atoms with E-state index in [0.29, 0.717) is 5.88 Å². The Balaban J connectivity index is 2.12. The molecule has 1 atom stereocenters. The SMILES string of the molecule is O=[N+]([O-])c1ccc(NC(CCl)c2ccccc2)cc1. The van der Waals surface area contributed by atoms with Crippen LogP contribution < -0.4 is 5.32 Å². The molecule has 0 aliphatic rings. The summed E-state index contributed by atoms with van der Waals surface area (Å²) in [6, 6.07) is 16.1. The predicted octanol–water partition coefficient (Wildman–Crippen LogP) is 3.99. The van der Waals surface area contributed by atoms with E-state index in [1.807, 2.05) is 30.3 Å². The minimum absolute atomic E-state index is 0.0238. The Labute approximate surface area is 116 Å². The Morgan fingerprint density at radius 2 is 1.74 bits per heavy atom. The standard InChI is InChI=1S/C14H13ClN2O2/c15-10-14(11-4-2-1-3-5-11)16-12-6-8-13(9-7-12)17(18)19/h1-9,14,16H,10H2. The van der Waals surface area contributed by atoms with Crippen molar-refractivity contribution in [3.05, 3.63) is 70.3 Å². The lowest BCUT2D eigenvalue weighted by Gasteiger charge is -2.17. The van der Waals surface area contributed by atoms with Gasteiger partial charge in [-0.15, -0.1) is 11.6 Å². The van der Waals surface area contributed by atoms with Gasteiger partial charge in [0.15, 0.2) is 0 Å². The zero-order chi connectivity index (χ0) is 13.7. The van der Waals surface area contributed by atoms with Crippen LogP contribution in [0.15, 0.2) is 54.6 Å². The summed E-state index contributed by atoms with van der Waals surface area (Å²) in [5.41, 5.74) is 1.96. The second-order valence-corrected chi connectivity index (χ2v) is 4.37. The van der Waals surface area contributed by atoms with Crippen molar-refractivity contribution in [3.63, 3.8) is 0 Å². The lowest BCUT2D eigenvalue weighted by Crippen LogP contribution is -2.12. The average Bonchev–Trinajstić information content (AvgIpc) is 2.46. The highest BCUT2D eigenvalue weighted by atomic mass is 35.5. The van der Waals surface area contributed by atoms with E-state index in [2.05, 4.69) is 5.32 Å². The molecule has 0 spiro atoms. The van der Waals surface area contributed by atoms with Crippen LogP contribution in [0.1, 0.15) is 11.6 Å². The first-order chi connectivity index (χ1) is 9.20. The predicted molar refractivity (Wildman–Crippen MR) is 76.6 cm³/mol. The number of nitro benzene ring substituents is 1. The molecule has 2 aromatic carbocycles. The van der Waals surface area contributed by atoms with Gasteiger partial charge in [-0.3, -0.25) is 10.1 Å².